The minimum atomic E-state index is 0.268. The van der Waals surface area contributed by atoms with Gasteiger partial charge in [0.1, 0.15) is 0 Å². The van der Waals surface area contributed by atoms with Crippen molar-refractivity contribution in [1.82, 2.24) is 0 Å². The van der Waals surface area contributed by atoms with Crippen LogP contribution in [0.2, 0.25) is 0 Å². The molecule has 1 aliphatic rings. The number of hydrogen-bond acceptors (Lipinski definition) is 2. The van der Waals surface area contributed by atoms with Crippen molar-refractivity contribution >= 4 is 27.4 Å². The number of rotatable bonds is 2. The molecule has 2 rings (SSSR count). The van der Waals surface area contributed by atoms with Crippen LogP contribution < -0.4 is 4.90 Å². The van der Waals surface area contributed by atoms with Gasteiger partial charge in [-0.05, 0) is 30.0 Å². The van der Waals surface area contributed by atoms with E-state index < -0.39 is 0 Å². The summed E-state index contributed by atoms with van der Waals surface area (Å²) in [5.74, 6) is 0.749. The van der Waals surface area contributed by atoms with Gasteiger partial charge in [-0.25, -0.2) is 0 Å². The fourth-order valence-corrected chi connectivity index (χ4v) is 2.85. The summed E-state index contributed by atoms with van der Waals surface area (Å²) in [6.45, 7) is 5.23. The van der Waals surface area contributed by atoms with Crippen LogP contribution in [0.3, 0.4) is 0 Å². The normalized spacial score (nSPS) is 16.9. The van der Waals surface area contributed by atoms with Crippen LogP contribution in [0.15, 0.2) is 16.6 Å². The SMILES string of the molecule is CCC(C)c1cc(Br)cc2c1N(C)CCC2=O. The van der Waals surface area contributed by atoms with E-state index >= 15 is 0 Å². The highest BCUT2D eigenvalue weighted by molar-refractivity contribution is 9.10. The van der Waals surface area contributed by atoms with Crippen molar-refractivity contribution in [3.05, 3.63) is 27.7 Å². The molecule has 0 spiro atoms. The van der Waals surface area contributed by atoms with Crippen LogP contribution in [0.4, 0.5) is 5.69 Å². The lowest BCUT2D eigenvalue weighted by molar-refractivity contribution is 0.0980. The van der Waals surface area contributed by atoms with E-state index in [0.717, 1.165) is 28.7 Å². The molecule has 1 aliphatic heterocycles. The number of carbonyl (C=O) groups is 1. The highest BCUT2D eigenvalue weighted by Gasteiger charge is 2.25. The summed E-state index contributed by atoms with van der Waals surface area (Å²) in [5.41, 5.74) is 3.30. The van der Waals surface area contributed by atoms with Gasteiger partial charge >= 0.3 is 0 Å². The number of benzene rings is 1. The average molecular weight is 296 g/mol. The summed E-state index contributed by atoms with van der Waals surface area (Å²) in [6, 6.07) is 4.11. The first-order valence-electron chi connectivity index (χ1n) is 6.12. The fraction of sp³-hybridized carbons (Fsp3) is 0.500. The molecule has 0 aliphatic carbocycles. The van der Waals surface area contributed by atoms with Gasteiger partial charge in [-0.1, -0.05) is 29.8 Å². The second-order valence-corrected chi connectivity index (χ2v) is 5.71. The molecule has 92 valence electrons. The summed E-state index contributed by atoms with van der Waals surface area (Å²) >= 11 is 3.52. The maximum absolute atomic E-state index is 12.0. The van der Waals surface area contributed by atoms with Crippen molar-refractivity contribution in [3.63, 3.8) is 0 Å². The number of nitrogens with zero attached hydrogens (tertiary/aromatic N) is 1. The molecule has 0 fully saturated rings. The molecule has 1 aromatic rings. The molecular formula is C14H18BrNO. The van der Waals surface area contributed by atoms with Crippen LogP contribution in [0.25, 0.3) is 0 Å². The lowest BCUT2D eigenvalue weighted by Gasteiger charge is -2.31. The minimum absolute atomic E-state index is 0.268. The van der Waals surface area contributed by atoms with Crippen molar-refractivity contribution in [2.75, 3.05) is 18.5 Å². The Morgan fingerprint density at radius 3 is 2.82 bits per heavy atom. The van der Waals surface area contributed by atoms with Gasteiger partial charge in [0.05, 0.1) is 5.69 Å². The lowest BCUT2D eigenvalue weighted by atomic mass is 9.90. The Labute approximate surface area is 111 Å². The first-order chi connectivity index (χ1) is 8.04. The Bertz CT molecular complexity index is 456. The molecular weight excluding hydrogens is 278 g/mol. The molecule has 0 saturated heterocycles. The summed E-state index contributed by atoms with van der Waals surface area (Å²) in [5, 5.41) is 0. The standard InChI is InChI=1S/C14H18BrNO/c1-4-9(2)11-7-10(15)8-12-13(17)5-6-16(3)14(11)12/h7-9H,4-6H2,1-3H3. The molecule has 0 bridgehead atoms. The van der Waals surface area contributed by atoms with E-state index in [4.69, 9.17) is 0 Å². The summed E-state index contributed by atoms with van der Waals surface area (Å²) in [4.78, 5) is 14.2. The molecule has 2 nitrogen and oxygen atoms in total. The fourth-order valence-electron chi connectivity index (χ4n) is 2.37. The third-order valence-electron chi connectivity index (χ3n) is 3.60. The summed E-state index contributed by atoms with van der Waals surface area (Å²) < 4.78 is 1.01. The molecule has 0 aromatic heterocycles. The Hall–Kier alpha value is -0.830. The number of halogens is 1. The van der Waals surface area contributed by atoms with Gasteiger partial charge in [0, 0.05) is 30.0 Å². The molecule has 0 radical (unpaired) electrons. The van der Waals surface area contributed by atoms with Crippen molar-refractivity contribution in [2.45, 2.75) is 32.6 Å². The van der Waals surface area contributed by atoms with Gasteiger partial charge in [-0.15, -0.1) is 0 Å². The van der Waals surface area contributed by atoms with Crippen LogP contribution >= 0.6 is 15.9 Å². The Morgan fingerprint density at radius 1 is 1.47 bits per heavy atom. The summed E-state index contributed by atoms with van der Waals surface area (Å²) in [7, 11) is 2.07. The van der Waals surface area contributed by atoms with Crippen LogP contribution in [0.1, 0.15) is 48.5 Å². The highest BCUT2D eigenvalue weighted by atomic mass is 79.9. The van der Waals surface area contributed by atoms with Crippen molar-refractivity contribution in [1.29, 1.82) is 0 Å². The van der Waals surface area contributed by atoms with Crippen LogP contribution in [0.5, 0.6) is 0 Å². The van der Waals surface area contributed by atoms with E-state index in [-0.39, 0.29) is 5.78 Å². The van der Waals surface area contributed by atoms with E-state index in [0.29, 0.717) is 12.3 Å². The number of ketones is 1. The summed E-state index contributed by atoms with van der Waals surface area (Å²) in [6.07, 6.45) is 1.71. The largest absolute Gasteiger partial charge is 0.373 e. The Kier molecular flexibility index (Phi) is 3.57. The average Bonchev–Trinajstić information content (AvgIpc) is 2.32. The number of fused-ring (bicyclic) bond motifs is 1. The second-order valence-electron chi connectivity index (χ2n) is 4.80. The highest BCUT2D eigenvalue weighted by Crippen LogP contribution is 2.37. The molecule has 1 unspecified atom stereocenters. The van der Waals surface area contributed by atoms with Crippen molar-refractivity contribution < 1.29 is 4.79 Å². The Morgan fingerprint density at radius 2 is 2.18 bits per heavy atom. The third-order valence-corrected chi connectivity index (χ3v) is 4.06. The molecule has 0 saturated carbocycles. The zero-order valence-electron chi connectivity index (χ0n) is 10.6. The molecule has 3 heteroatoms. The van der Waals surface area contributed by atoms with E-state index in [9.17, 15) is 4.79 Å². The van der Waals surface area contributed by atoms with E-state index in [2.05, 4.69) is 47.8 Å². The Balaban J connectivity index is 2.63. The van der Waals surface area contributed by atoms with Gasteiger partial charge < -0.3 is 4.90 Å². The van der Waals surface area contributed by atoms with E-state index in [1.54, 1.807) is 0 Å². The smallest absolute Gasteiger partial charge is 0.166 e. The molecule has 0 N–H and O–H groups in total. The molecule has 1 aromatic carbocycles. The lowest BCUT2D eigenvalue weighted by Crippen LogP contribution is -2.29. The van der Waals surface area contributed by atoms with Crippen LogP contribution in [-0.4, -0.2) is 19.4 Å². The molecule has 1 atom stereocenters. The second kappa shape index (κ2) is 4.81. The van der Waals surface area contributed by atoms with Gasteiger partial charge in [0.15, 0.2) is 5.78 Å². The maximum atomic E-state index is 12.0. The molecule has 0 amide bonds. The topological polar surface area (TPSA) is 20.3 Å². The predicted molar refractivity (Wildman–Crippen MR) is 75.1 cm³/mol. The zero-order chi connectivity index (χ0) is 12.6. The van der Waals surface area contributed by atoms with Gasteiger partial charge in [0.2, 0.25) is 0 Å². The third kappa shape index (κ3) is 2.25. The first kappa shape index (κ1) is 12.6. The molecule has 17 heavy (non-hydrogen) atoms. The number of Topliss-reactive ketones (excluding diaryl/α,β-unsaturated/α-hetero) is 1. The van der Waals surface area contributed by atoms with Crippen LogP contribution in [0, 0.1) is 0 Å². The van der Waals surface area contributed by atoms with Gasteiger partial charge in [-0.2, -0.15) is 0 Å². The number of hydrogen-bond donors (Lipinski definition) is 0. The van der Waals surface area contributed by atoms with Crippen LogP contribution in [-0.2, 0) is 0 Å². The molecule has 1 heterocycles. The minimum Gasteiger partial charge on any atom is -0.373 e. The predicted octanol–water partition coefficient (Wildman–Crippen LogP) is 3.99. The van der Waals surface area contributed by atoms with Gasteiger partial charge in [-0.3, -0.25) is 4.79 Å². The van der Waals surface area contributed by atoms with Crippen molar-refractivity contribution in [2.24, 2.45) is 0 Å². The quantitative estimate of drug-likeness (QED) is 0.822. The van der Waals surface area contributed by atoms with E-state index in [1.165, 1.54) is 5.56 Å². The monoisotopic (exact) mass is 295 g/mol. The number of carbonyl (C=O) groups excluding carboxylic acids is 1. The van der Waals surface area contributed by atoms with Crippen molar-refractivity contribution in [3.8, 4) is 0 Å². The first-order valence-corrected chi connectivity index (χ1v) is 6.91. The maximum Gasteiger partial charge on any atom is 0.166 e. The van der Waals surface area contributed by atoms with Gasteiger partial charge in [0.25, 0.3) is 0 Å². The van der Waals surface area contributed by atoms with E-state index in [1.807, 2.05) is 6.07 Å². The number of anilines is 1. The zero-order valence-corrected chi connectivity index (χ0v) is 12.2.